The minimum absolute atomic E-state index is 0.0232. The quantitative estimate of drug-likeness (QED) is 0.945. The van der Waals surface area contributed by atoms with Crippen LogP contribution in [0.1, 0.15) is 37.7 Å². The maximum atomic E-state index is 12.7. The average Bonchev–Trinajstić information content (AvgIpc) is 2.96. The molecule has 5 heteroatoms. The van der Waals surface area contributed by atoms with Crippen molar-refractivity contribution >= 4 is 27.5 Å². The van der Waals surface area contributed by atoms with Crippen molar-refractivity contribution in [3.8, 4) is 0 Å². The Morgan fingerprint density at radius 2 is 2.23 bits per heavy atom. The summed E-state index contributed by atoms with van der Waals surface area (Å²) in [7, 11) is 1.91. The van der Waals surface area contributed by atoms with Crippen molar-refractivity contribution in [2.45, 2.75) is 38.8 Å². The van der Waals surface area contributed by atoms with Crippen LogP contribution in [0.3, 0.4) is 0 Å². The Morgan fingerprint density at radius 3 is 2.95 bits per heavy atom. The number of aromatic nitrogens is 1. The van der Waals surface area contributed by atoms with E-state index in [0.717, 1.165) is 29.9 Å². The number of amides is 1. The maximum absolute atomic E-state index is 12.7. The van der Waals surface area contributed by atoms with E-state index in [2.05, 4.69) is 30.2 Å². The van der Waals surface area contributed by atoms with E-state index in [4.69, 9.17) is 0 Å². The van der Waals surface area contributed by atoms with Gasteiger partial charge in [-0.15, -0.1) is 11.3 Å². The molecular weight excluding hydrogens is 294 g/mol. The normalized spacial score (nSPS) is 23.4. The molecule has 1 amide bonds. The van der Waals surface area contributed by atoms with E-state index >= 15 is 0 Å². The fourth-order valence-electron chi connectivity index (χ4n) is 3.07. The molecule has 0 saturated carbocycles. The van der Waals surface area contributed by atoms with Crippen LogP contribution >= 0.6 is 11.3 Å². The number of thiazole rings is 1. The highest BCUT2D eigenvalue weighted by Crippen LogP contribution is 2.30. The van der Waals surface area contributed by atoms with Gasteiger partial charge in [0.2, 0.25) is 5.91 Å². The molecular formula is C17H23N3OS. The van der Waals surface area contributed by atoms with E-state index in [1.807, 2.05) is 30.1 Å². The molecule has 2 aromatic rings. The molecule has 1 aromatic heterocycles. The van der Waals surface area contributed by atoms with Gasteiger partial charge in [0.05, 0.1) is 16.3 Å². The van der Waals surface area contributed by atoms with E-state index in [-0.39, 0.29) is 17.9 Å². The van der Waals surface area contributed by atoms with Crippen molar-refractivity contribution in [3.63, 3.8) is 0 Å². The van der Waals surface area contributed by atoms with E-state index in [1.54, 1.807) is 11.3 Å². The van der Waals surface area contributed by atoms with Gasteiger partial charge in [0.1, 0.15) is 5.01 Å². The zero-order chi connectivity index (χ0) is 15.7. The van der Waals surface area contributed by atoms with Gasteiger partial charge < -0.3 is 10.2 Å². The molecule has 1 aliphatic rings. The first-order valence-corrected chi connectivity index (χ1v) is 8.73. The molecule has 118 valence electrons. The van der Waals surface area contributed by atoms with Crippen molar-refractivity contribution < 1.29 is 4.79 Å². The lowest BCUT2D eigenvalue weighted by Crippen LogP contribution is -2.43. The number of rotatable bonds is 3. The Bertz CT molecular complexity index is 636. The standard InChI is InChI=1S/C17H23N3OS/c1-11-10-13(8-9-18-11)17(21)20(3)12(2)16-19-14-6-4-5-7-15(14)22-16/h4-7,11-13,18H,8-10H2,1-3H3/t11-,12?,13-/m0/s1. The van der Waals surface area contributed by atoms with Crippen LogP contribution in [-0.4, -0.2) is 35.4 Å². The van der Waals surface area contributed by atoms with E-state index in [1.165, 1.54) is 4.70 Å². The van der Waals surface area contributed by atoms with Crippen molar-refractivity contribution in [2.24, 2.45) is 5.92 Å². The highest BCUT2D eigenvalue weighted by Gasteiger charge is 2.30. The van der Waals surface area contributed by atoms with E-state index in [9.17, 15) is 4.79 Å². The number of hydrogen-bond acceptors (Lipinski definition) is 4. The Morgan fingerprint density at radius 1 is 1.45 bits per heavy atom. The van der Waals surface area contributed by atoms with Crippen LogP contribution in [0.25, 0.3) is 10.2 Å². The summed E-state index contributed by atoms with van der Waals surface area (Å²) >= 11 is 1.68. The molecule has 0 aliphatic carbocycles. The first kappa shape index (κ1) is 15.4. The van der Waals surface area contributed by atoms with Crippen LogP contribution in [0, 0.1) is 5.92 Å². The van der Waals surface area contributed by atoms with Gasteiger partial charge in [-0.3, -0.25) is 4.79 Å². The highest BCUT2D eigenvalue weighted by atomic mass is 32.1. The second kappa shape index (κ2) is 6.34. The average molecular weight is 317 g/mol. The summed E-state index contributed by atoms with van der Waals surface area (Å²) in [6.45, 7) is 5.15. The van der Waals surface area contributed by atoms with Gasteiger partial charge in [-0.05, 0) is 45.4 Å². The molecule has 1 saturated heterocycles. The number of carbonyl (C=O) groups excluding carboxylic acids is 1. The number of benzene rings is 1. The molecule has 1 aromatic carbocycles. The maximum Gasteiger partial charge on any atom is 0.226 e. The molecule has 3 atom stereocenters. The Balaban J connectivity index is 1.75. The van der Waals surface area contributed by atoms with Gasteiger partial charge in [0, 0.05) is 19.0 Å². The molecule has 22 heavy (non-hydrogen) atoms. The van der Waals surface area contributed by atoms with Crippen molar-refractivity contribution in [1.82, 2.24) is 15.2 Å². The van der Waals surface area contributed by atoms with Crippen molar-refractivity contribution in [2.75, 3.05) is 13.6 Å². The van der Waals surface area contributed by atoms with Crippen molar-refractivity contribution in [3.05, 3.63) is 29.3 Å². The molecule has 1 unspecified atom stereocenters. The predicted molar refractivity (Wildman–Crippen MR) is 91.0 cm³/mol. The number of fused-ring (bicyclic) bond motifs is 1. The lowest BCUT2D eigenvalue weighted by Gasteiger charge is -2.32. The molecule has 3 rings (SSSR count). The summed E-state index contributed by atoms with van der Waals surface area (Å²) < 4.78 is 1.18. The molecule has 4 nitrogen and oxygen atoms in total. The van der Waals surface area contributed by atoms with Crippen LogP contribution in [0.2, 0.25) is 0 Å². The van der Waals surface area contributed by atoms with Crippen molar-refractivity contribution in [1.29, 1.82) is 0 Å². The summed E-state index contributed by atoms with van der Waals surface area (Å²) in [6.07, 6.45) is 1.86. The van der Waals surface area contributed by atoms with Crippen LogP contribution in [0.15, 0.2) is 24.3 Å². The van der Waals surface area contributed by atoms with Crippen LogP contribution in [0.4, 0.5) is 0 Å². The Hall–Kier alpha value is -1.46. The predicted octanol–water partition coefficient (Wildman–Crippen LogP) is 3.20. The SMILES string of the molecule is CC(c1nc2ccccc2s1)N(C)C(=O)[C@H]1CCN[C@@H](C)C1. The van der Waals surface area contributed by atoms with E-state index < -0.39 is 0 Å². The monoisotopic (exact) mass is 317 g/mol. The summed E-state index contributed by atoms with van der Waals surface area (Å²) in [4.78, 5) is 19.3. The Labute approximate surface area is 135 Å². The van der Waals surface area contributed by atoms with Gasteiger partial charge in [0.25, 0.3) is 0 Å². The molecule has 1 aliphatic heterocycles. The lowest BCUT2D eigenvalue weighted by atomic mass is 9.92. The molecule has 2 heterocycles. The highest BCUT2D eigenvalue weighted by molar-refractivity contribution is 7.18. The molecule has 0 radical (unpaired) electrons. The first-order chi connectivity index (χ1) is 10.6. The minimum atomic E-state index is 0.0232. The molecule has 1 N–H and O–H groups in total. The largest absolute Gasteiger partial charge is 0.336 e. The topological polar surface area (TPSA) is 45.2 Å². The lowest BCUT2D eigenvalue weighted by molar-refractivity contribution is -0.137. The van der Waals surface area contributed by atoms with Crippen LogP contribution < -0.4 is 5.32 Å². The fourth-order valence-corrected chi connectivity index (χ4v) is 4.13. The first-order valence-electron chi connectivity index (χ1n) is 7.91. The zero-order valence-electron chi connectivity index (χ0n) is 13.4. The fraction of sp³-hybridized carbons (Fsp3) is 0.529. The third kappa shape index (κ3) is 3.01. The minimum Gasteiger partial charge on any atom is -0.336 e. The summed E-state index contributed by atoms with van der Waals surface area (Å²) in [5.74, 6) is 0.387. The number of para-hydroxylation sites is 1. The number of piperidine rings is 1. The second-order valence-corrected chi connectivity index (χ2v) is 7.28. The third-order valence-corrected chi connectivity index (χ3v) is 5.78. The van der Waals surface area contributed by atoms with Gasteiger partial charge in [-0.1, -0.05) is 12.1 Å². The van der Waals surface area contributed by atoms with Gasteiger partial charge in [-0.25, -0.2) is 4.98 Å². The third-order valence-electron chi connectivity index (χ3n) is 4.57. The number of hydrogen-bond donors (Lipinski definition) is 1. The number of nitrogens with zero attached hydrogens (tertiary/aromatic N) is 2. The molecule has 1 fully saturated rings. The molecule has 0 spiro atoms. The Kier molecular flexibility index (Phi) is 4.45. The van der Waals surface area contributed by atoms with Gasteiger partial charge in [-0.2, -0.15) is 0 Å². The van der Waals surface area contributed by atoms with Gasteiger partial charge >= 0.3 is 0 Å². The van der Waals surface area contributed by atoms with E-state index in [0.29, 0.717) is 6.04 Å². The smallest absolute Gasteiger partial charge is 0.226 e. The number of carbonyl (C=O) groups is 1. The second-order valence-electron chi connectivity index (χ2n) is 6.22. The van der Waals surface area contributed by atoms with Gasteiger partial charge in [0.15, 0.2) is 0 Å². The van der Waals surface area contributed by atoms with Crippen LogP contribution in [-0.2, 0) is 4.79 Å². The zero-order valence-corrected chi connectivity index (χ0v) is 14.2. The summed E-state index contributed by atoms with van der Waals surface area (Å²) in [5.41, 5.74) is 1.02. The molecule has 0 bridgehead atoms. The number of nitrogens with one attached hydrogen (secondary N) is 1. The van der Waals surface area contributed by atoms with Crippen LogP contribution in [0.5, 0.6) is 0 Å². The summed E-state index contributed by atoms with van der Waals surface area (Å²) in [5, 5.41) is 4.42. The summed E-state index contributed by atoms with van der Waals surface area (Å²) in [6, 6.07) is 8.59.